The zero-order valence-electron chi connectivity index (χ0n) is 12.2. The van der Waals surface area contributed by atoms with Crippen molar-refractivity contribution in [2.24, 2.45) is 0 Å². The number of ether oxygens (including phenoxy) is 2. The van der Waals surface area contributed by atoms with Gasteiger partial charge in [-0.15, -0.1) is 6.42 Å². The molecule has 0 fully saturated rings. The molecular weight excluding hydrogens is 254 g/mol. The number of alkyl carbamates (subject to hydrolysis) is 1. The molecule has 0 radical (unpaired) electrons. The van der Waals surface area contributed by atoms with Crippen molar-refractivity contribution in [3.05, 3.63) is 35.9 Å². The van der Waals surface area contributed by atoms with E-state index < -0.39 is 17.7 Å². The SMILES string of the molecule is C#C[C@H](COCc1ccccc1)NC(=O)OC(C)(C)C. The molecule has 0 aliphatic rings. The van der Waals surface area contributed by atoms with Crippen molar-refractivity contribution in [1.82, 2.24) is 5.32 Å². The Balaban J connectivity index is 2.33. The van der Waals surface area contributed by atoms with Gasteiger partial charge in [-0.3, -0.25) is 0 Å². The first-order valence-electron chi connectivity index (χ1n) is 6.48. The van der Waals surface area contributed by atoms with E-state index in [4.69, 9.17) is 15.9 Å². The van der Waals surface area contributed by atoms with Gasteiger partial charge in [0.15, 0.2) is 0 Å². The van der Waals surface area contributed by atoms with E-state index in [1.807, 2.05) is 30.3 Å². The number of terminal acetylenes is 1. The van der Waals surface area contributed by atoms with Crippen LogP contribution in [0.15, 0.2) is 30.3 Å². The molecule has 0 spiro atoms. The maximum atomic E-state index is 11.6. The molecule has 20 heavy (non-hydrogen) atoms. The average molecular weight is 275 g/mol. The summed E-state index contributed by atoms with van der Waals surface area (Å²) in [6.07, 6.45) is 4.83. The van der Waals surface area contributed by atoms with E-state index in [9.17, 15) is 4.79 Å². The molecule has 108 valence electrons. The lowest BCUT2D eigenvalue weighted by Gasteiger charge is -2.21. The van der Waals surface area contributed by atoms with Gasteiger partial charge >= 0.3 is 6.09 Å². The van der Waals surface area contributed by atoms with Gasteiger partial charge < -0.3 is 14.8 Å². The van der Waals surface area contributed by atoms with E-state index in [0.29, 0.717) is 6.61 Å². The number of nitrogens with one attached hydrogen (secondary N) is 1. The summed E-state index contributed by atoms with van der Waals surface area (Å²) in [6, 6.07) is 9.25. The van der Waals surface area contributed by atoms with Gasteiger partial charge in [0.1, 0.15) is 11.6 Å². The predicted octanol–water partition coefficient (Wildman–Crippen LogP) is 2.73. The Bertz CT molecular complexity index is 457. The predicted molar refractivity (Wildman–Crippen MR) is 78.1 cm³/mol. The van der Waals surface area contributed by atoms with Gasteiger partial charge in [-0.1, -0.05) is 36.3 Å². The molecule has 1 aromatic rings. The van der Waals surface area contributed by atoms with Crippen LogP contribution in [0, 0.1) is 12.3 Å². The van der Waals surface area contributed by atoms with Crippen LogP contribution in [0.2, 0.25) is 0 Å². The molecule has 0 saturated carbocycles. The Kier molecular flexibility index (Phi) is 6.08. The number of benzene rings is 1. The summed E-state index contributed by atoms with van der Waals surface area (Å²) in [5, 5.41) is 2.59. The first kappa shape index (κ1) is 16.1. The molecule has 1 atom stereocenters. The van der Waals surface area contributed by atoms with Gasteiger partial charge in [-0.05, 0) is 26.3 Å². The minimum atomic E-state index is -0.547. The molecule has 4 heteroatoms. The minimum Gasteiger partial charge on any atom is -0.444 e. The number of hydrogen-bond acceptors (Lipinski definition) is 3. The lowest BCUT2D eigenvalue weighted by Crippen LogP contribution is -2.40. The molecule has 1 aromatic carbocycles. The number of hydrogen-bond donors (Lipinski definition) is 1. The highest BCUT2D eigenvalue weighted by Gasteiger charge is 2.18. The Morgan fingerprint density at radius 3 is 2.55 bits per heavy atom. The molecule has 0 aliphatic carbocycles. The Hall–Kier alpha value is -1.99. The fourth-order valence-corrected chi connectivity index (χ4v) is 1.45. The Morgan fingerprint density at radius 1 is 1.35 bits per heavy atom. The molecule has 1 rings (SSSR count). The number of rotatable bonds is 5. The van der Waals surface area contributed by atoms with Crippen molar-refractivity contribution in [3.63, 3.8) is 0 Å². The fourth-order valence-electron chi connectivity index (χ4n) is 1.45. The van der Waals surface area contributed by atoms with Gasteiger partial charge in [0.2, 0.25) is 0 Å². The zero-order chi connectivity index (χ0) is 15.0. The zero-order valence-corrected chi connectivity index (χ0v) is 12.2. The monoisotopic (exact) mass is 275 g/mol. The molecule has 1 N–H and O–H groups in total. The minimum absolute atomic E-state index is 0.241. The number of carbonyl (C=O) groups is 1. The number of amides is 1. The van der Waals surface area contributed by atoms with Gasteiger partial charge in [-0.2, -0.15) is 0 Å². The van der Waals surface area contributed by atoms with Crippen LogP contribution in [0.1, 0.15) is 26.3 Å². The molecule has 0 heterocycles. The van der Waals surface area contributed by atoms with Crippen molar-refractivity contribution in [2.75, 3.05) is 6.61 Å². The van der Waals surface area contributed by atoms with Gasteiger partial charge in [-0.25, -0.2) is 4.79 Å². The normalized spacial score (nSPS) is 12.3. The van der Waals surface area contributed by atoms with Crippen LogP contribution in [-0.2, 0) is 16.1 Å². The third-order valence-corrected chi connectivity index (χ3v) is 2.29. The molecule has 0 unspecified atom stereocenters. The molecule has 0 bridgehead atoms. The maximum Gasteiger partial charge on any atom is 0.408 e. The highest BCUT2D eigenvalue weighted by Crippen LogP contribution is 2.07. The van der Waals surface area contributed by atoms with Crippen molar-refractivity contribution < 1.29 is 14.3 Å². The first-order chi connectivity index (χ1) is 9.40. The Labute approximate surface area is 120 Å². The third-order valence-electron chi connectivity index (χ3n) is 2.29. The highest BCUT2D eigenvalue weighted by molar-refractivity contribution is 5.68. The van der Waals surface area contributed by atoms with Crippen LogP contribution in [-0.4, -0.2) is 24.3 Å². The van der Waals surface area contributed by atoms with Crippen molar-refractivity contribution in [1.29, 1.82) is 0 Å². The van der Waals surface area contributed by atoms with Crippen LogP contribution in [0.3, 0.4) is 0 Å². The lowest BCUT2D eigenvalue weighted by atomic mass is 10.2. The quantitative estimate of drug-likeness (QED) is 0.841. The van der Waals surface area contributed by atoms with Gasteiger partial charge in [0, 0.05) is 0 Å². The van der Waals surface area contributed by atoms with Crippen LogP contribution in [0.25, 0.3) is 0 Å². The molecule has 4 nitrogen and oxygen atoms in total. The largest absolute Gasteiger partial charge is 0.444 e. The van der Waals surface area contributed by atoms with Crippen molar-refractivity contribution in [3.8, 4) is 12.3 Å². The Morgan fingerprint density at radius 2 is 2.00 bits per heavy atom. The maximum absolute atomic E-state index is 11.6. The standard InChI is InChI=1S/C16H21NO3/c1-5-14(17-15(18)20-16(2,3)4)12-19-11-13-9-7-6-8-10-13/h1,6-10,14H,11-12H2,2-4H3,(H,17,18)/t14-/m1/s1. The smallest absolute Gasteiger partial charge is 0.408 e. The van der Waals surface area contributed by atoms with Crippen LogP contribution in [0.5, 0.6) is 0 Å². The van der Waals surface area contributed by atoms with Crippen molar-refractivity contribution in [2.45, 2.75) is 39.0 Å². The summed E-state index contributed by atoms with van der Waals surface area (Å²) < 4.78 is 10.6. The van der Waals surface area contributed by atoms with E-state index in [0.717, 1.165) is 5.56 Å². The first-order valence-corrected chi connectivity index (χ1v) is 6.48. The van der Waals surface area contributed by atoms with E-state index >= 15 is 0 Å². The van der Waals surface area contributed by atoms with Crippen molar-refractivity contribution >= 4 is 6.09 Å². The fraction of sp³-hybridized carbons (Fsp3) is 0.438. The van der Waals surface area contributed by atoms with Crippen LogP contribution in [0.4, 0.5) is 4.79 Å². The summed E-state index contributed by atoms with van der Waals surface area (Å²) >= 11 is 0. The molecular formula is C16H21NO3. The summed E-state index contributed by atoms with van der Waals surface area (Å²) in [5.74, 6) is 2.47. The van der Waals surface area contributed by atoms with E-state index in [1.165, 1.54) is 0 Å². The lowest BCUT2D eigenvalue weighted by molar-refractivity contribution is 0.0464. The number of carbonyl (C=O) groups excluding carboxylic acids is 1. The molecule has 1 amide bonds. The van der Waals surface area contributed by atoms with Gasteiger partial charge in [0.05, 0.1) is 13.2 Å². The highest BCUT2D eigenvalue weighted by atomic mass is 16.6. The second-order valence-corrected chi connectivity index (χ2v) is 5.37. The molecule has 0 aromatic heterocycles. The van der Waals surface area contributed by atoms with Gasteiger partial charge in [0.25, 0.3) is 0 Å². The molecule has 0 saturated heterocycles. The second-order valence-electron chi connectivity index (χ2n) is 5.37. The van der Waals surface area contributed by atoms with E-state index in [2.05, 4.69) is 11.2 Å². The average Bonchev–Trinajstić information content (AvgIpc) is 2.36. The van der Waals surface area contributed by atoms with Crippen LogP contribution < -0.4 is 5.32 Å². The van der Waals surface area contributed by atoms with Crippen LogP contribution >= 0.6 is 0 Å². The molecule has 0 aliphatic heterocycles. The summed E-state index contributed by atoms with van der Waals surface area (Å²) in [6.45, 7) is 6.08. The summed E-state index contributed by atoms with van der Waals surface area (Å²) in [4.78, 5) is 11.6. The second kappa shape index (κ2) is 7.56. The summed E-state index contributed by atoms with van der Waals surface area (Å²) in [7, 11) is 0. The third kappa shape index (κ3) is 6.81. The topological polar surface area (TPSA) is 47.6 Å². The summed E-state index contributed by atoms with van der Waals surface area (Å²) in [5.41, 5.74) is 0.509. The van der Waals surface area contributed by atoms with E-state index in [1.54, 1.807) is 20.8 Å². The van der Waals surface area contributed by atoms with E-state index in [-0.39, 0.29) is 6.61 Å².